The molecule has 0 unspecified atom stereocenters. The molecule has 0 aliphatic heterocycles. The highest BCUT2D eigenvalue weighted by molar-refractivity contribution is 5.32. The lowest BCUT2D eigenvalue weighted by molar-refractivity contribution is 0.306. The Morgan fingerprint density at radius 1 is 0.909 bits per heavy atom. The molecule has 1 aromatic heterocycles. The Bertz CT molecular complexity index is 786. The van der Waals surface area contributed by atoms with Gasteiger partial charge in [0.1, 0.15) is 12.4 Å². The van der Waals surface area contributed by atoms with Gasteiger partial charge >= 0.3 is 0 Å². The highest BCUT2D eigenvalue weighted by Crippen LogP contribution is 2.16. The molecule has 0 atom stereocenters. The molecule has 112 valence electrons. The molecule has 4 nitrogen and oxygen atoms in total. The minimum atomic E-state index is -0.0538. The maximum absolute atomic E-state index is 11.7. The van der Waals surface area contributed by atoms with Crippen LogP contribution in [-0.2, 0) is 13.0 Å². The summed E-state index contributed by atoms with van der Waals surface area (Å²) in [6, 6.07) is 17.9. The minimum absolute atomic E-state index is 0.0538. The molecule has 0 radical (unpaired) electrons. The van der Waals surface area contributed by atoms with Crippen LogP contribution in [0.5, 0.6) is 5.75 Å². The molecular formula is C18H18N2O2. The largest absolute Gasteiger partial charge is 0.489 e. The molecule has 0 fully saturated rings. The first-order chi connectivity index (χ1) is 10.7. The molecule has 4 heteroatoms. The zero-order valence-corrected chi connectivity index (χ0v) is 12.4. The average molecular weight is 294 g/mol. The topological polar surface area (TPSA) is 57.9 Å². The second-order valence-electron chi connectivity index (χ2n) is 5.28. The van der Waals surface area contributed by atoms with Gasteiger partial charge in [-0.25, -0.2) is 0 Å². The molecule has 0 bridgehead atoms. The first-order valence-electron chi connectivity index (χ1n) is 7.24. The summed E-state index contributed by atoms with van der Waals surface area (Å²) in [5.41, 5.74) is 3.83. The van der Waals surface area contributed by atoms with Crippen molar-refractivity contribution in [2.45, 2.75) is 20.0 Å². The maximum Gasteiger partial charge on any atom is 0.267 e. The standard InChI is InChI=1S/C18H18N2O2/c1-13-17(18(21)20-19-13)11-14-7-9-16(10-8-14)22-12-15-5-3-2-4-6-15/h2-10H,11-12H2,1H3,(H2,19,20,21). The van der Waals surface area contributed by atoms with Crippen LogP contribution >= 0.6 is 0 Å². The fourth-order valence-corrected chi connectivity index (χ4v) is 2.33. The fourth-order valence-electron chi connectivity index (χ4n) is 2.33. The van der Waals surface area contributed by atoms with Crippen molar-refractivity contribution >= 4 is 0 Å². The van der Waals surface area contributed by atoms with Gasteiger partial charge in [0.15, 0.2) is 0 Å². The number of rotatable bonds is 5. The fraction of sp³-hybridized carbons (Fsp3) is 0.167. The summed E-state index contributed by atoms with van der Waals surface area (Å²) >= 11 is 0. The summed E-state index contributed by atoms with van der Waals surface area (Å²) in [5, 5.41) is 5.45. The van der Waals surface area contributed by atoms with Gasteiger partial charge in [-0.3, -0.25) is 9.89 Å². The highest BCUT2D eigenvalue weighted by atomic mass is 16.5. The third-order valence-corrected chi connectivity index (χ3v) is 3.64. The van der Waals surface area contributed by atoms with Crippen molar-refractivity contribution in [3.63, 3.8) is 0 Å². The zero-order valence-electron chi connectivity index (χ0n) is 12.4. The van der Waals surface area contributed by atoms with E-state index >= 15 is 0 Å². The lowest BCUT2D eigenvalue weighted by Crippen LogP contribution is -2.06. The van der Waals surface area contributed by atoms with Gasteiger partial charge in [0.2, 0.25) is 0 Å². The molecular weight excluding hydrogens is 276 g/mol. The predicted octanol–water partition coefficient (Wildman–Crippen LogP) is 3.18. The van der Waals surface area contributed by atoms with Crippen molar-refractivity contribution < 1.29 is 4.74 Å². The van der Waals surface area contributed by atoms with Crippen LogP contribution in [0.1, 0.15) is 22.4 Å². The third kappa shape index (κ3) is 3.28. The second-order valence-corrected chi connectivity index (χ2v) is 5.28. The SMILES string of the molecule is Cc1[nH][nH]c(=O)c1Cc1ccc(OCc2ccccc2)cc1. The Kier molecular flexibility index (Phi) is 4.10. The molecule has 0 spiro atoms. The highest BCUT2D eigenvalue weighted by Gasteiger charge is 2.07. The number of H-pyrrole nitrogens is 2. The molecule has 0 aliphatic carbocycles. The van der Waals surface area contributed by atoms with Crippen LogP contribution in [0.4, 0.5) is 0 Å². The van der Waals surface area contributed by atoms with Crippen LogP contribution in [0.2, 0.25) is 0 Å². The number of aromatic nitrogens is 2. The van der Waals surface area contributed by atoms with E-state index < -0.39 is 0 Å². The predicted molar refractivity (Wildman–Crippen MR) is 86.2 cm³/mol. The van der Waals surface area contributed by atoms with Gasteiger partial charge in [0.25, 0.3) is 5.56 Å². The molecule has 0 amide bonds. The minimum Gasteiger partial charge on any atom is -0.489 e. The molecule has 3 aromatic rings. The van der Waals surface area contributed by atoms with Gasteiger partial charge in [-0.05, 0) is 30.2 Å². The summed E-state index contributed by atoms with van der Waals surface area (Å²) < 4.78 is 5.76. The van der Waals surface area contributed by atoms with Crippen molar-refractivity contribution in [3.8, 4) is 5.75 Å². The van der Waals surface area contributed by atoms with E-state index in [2.05, 4.69) is 10.2 Å². The van der Waals surface area contributed by atoms with Crippen LogP contribution in [0, 0.1) is 6.92 Å². The number of aromatic amines is 2. The van der Waals surface area contributed by atoms with Gasteiger partial charge in [0, 0.05) is 17.7 Å². The van der Waals surface area contributed by atoms with Crippen LogP contribution in [0.15, 0.2) is 59.4 Å². The Balaban J connectivity index is 1.64. The quantitative estimate of drug-likeness (QED) is 0.759. The molecule has 2 aromatic carbocycles. The van der Waals surface area contributed by atoms with E-state index in [1.807, 2.05) is 61.5 Å². The summed E-state index contributed by atoms with van der Waals surface area (Å²) in [7, 11) is 0. The number of hydrogen-bond acceptors (Lipinski definition) is 2. The van der Waals surface area contributed by atoms with E-state index in [1.165, 1.54) is 0 Å². The number of hydrogen-bond donors (Lipinski definition) is 2. The Morgan fingerprint density at radius 3 is 2.27 bits per heavy atom. The van der Waals surface area contributed by atoms with Gasteiger partial charge in [0.05, 0.1) is 0 Å². The van der Waals surface area contributed by atoms with E-state index in [1.54, 1.807) is 0 Å². The van der Waals surface area contributed by atoms with Crippen molar-refractivity contribution in [1.82, 2.24) is 10.2 Å². The zero-order chi connectivity index (χ0) is 15.4. The van der Waals surface area contributed by atoms with Crippen LogP contribution < -0.4 is 10.3 Å². The Labute approximate surface area is 128 Å². The Hall–Kier alpha value is -2.75. The van der Waals surface area contributed by atoms with Crippen LogP contribution in [0.25, 0.3) is 0 Å². The van der Waals surface area contributed by atoms with Crippen molar-refractivity contribution in [2.75, 3.05) is 0 Å². The molecule has 0 saturated carbocycles. The molecule has 1 heterocycles. The number of nitrogens with one attached hydrogen (secondary N) is 2. The molecule has 2 N–H and O–H groups in total. The van der Waals surface area contributed by atoms with Crippen molar-refractivity contribution in [2.24, 2.45) is 0 Å². The normalized spacial score (nSPS) is 10.6. The summed E-state index contributed by atoms with van der Waals surface area (Å²) in [5.74, 6) is 0.826. The lowest BCUT2D eigenvalue weighted by atomic mass is 10.1. The van der Waals surface area contributed by atoms with Gasteiger partial charge in [-0.1, -0.05) is 42.5 Å². The summed E-state index contributed by atoms with van der Waals surface area (Å²) in [4.78, 5) is 11.7. The molecule has 22 heavy (non-hydrogen) atoms. The van der Waals surface area contributed by atoms with E-state index in [-0.39, 0.29) is 5.56 Å². The van der Waals surface area contributed by atoms with Gasteiger partial charge < -0.3 is 9.84 Å². The first-order valence-corrected chi connectivity index (χ1v) is 7.24. The first kappa shape index (κ1) is 14.2. The van der Waals surface area contributed by atoms with Crippen LogP contribution in [-0.4, -0.2) is 10.2 Å². The molecule has 0 saturated heterocycles. The third-order valence-electron chi connectivity index (χ3n) is 3.64. The van der Waals surface area contributed by atoms with Gasteiger partial charge in [-0.2, -0.15) is 0 Å². The maximum atomic E-state index is 11.7. The van der Waals surface area contributed by atoms with Crippen LogP contribution in [0.3, 0.4) is 0 Å². The van der Waals surface area contributed by atoms with E-state index in [0.29, 0.717) is 13.0 Å². The van der Waals surface area contributed by atoms with E-state index in [9.17, 15) is 4.79 Å². The summed E-state index contributed by atoms with van der Waals surface area (Å²) in [6.07, 6.45) is 0.615. The van der Waals surface area contributed by atoms with E-state index in [4.69, 9.17) is 4.74 Å². The van der Waals surface area contributed by atoms with Crippen molar-refractivity contribution in [1.29, 1.82) is 0 Å². The average Bonchev–Trinajstić information content (AvgIpc) is 2.87. The number of ether oxygens (including phenoxy) is 1. The molecule has 3 rings (SSSR count). The van der Waals surface area contributed by atoms with Crippen molar-refractivity contribution in [3.05, 3.63) is 87.3 Å². The number of aryl methyl sites for hydroxylation is 1. The monoisotopic (exact) mass is 294 g/mol. The van der Waals surface area contributed by atoms with Gasteiger partial charge in [-0.15, -0.1) is 0 Å². The lowest BCUT2D eigenvalue weighted by Gasteiger charge is -2.07. The smallest absolute Gasteiger partial charge is 0.267 e. The second kappa shape index (κ2) is 6.35. The number of benzene rings is 2. The Morgan fingerprint density at radius 2 is 1.64 bits per heavy atom. The van der Waals surface area contributed by atoms with E-state index in [0.717, 1.165) is 28.1 Å². The molecule has 0 aliphatic rings. The summed E-state index contributed by atoms with van der Waals surface area (Å²) in [6.45, 7) is 2.45.